The van der Waals surface area contributed by atoms with Crippen LogP contribution in [0.25, 0.3) is 10.9 Å². The van der Waals surface area contributed by atoms with E-state index < -0.39 is 5.67 Å². The molecule has 0 spiro atoms. The average Bonchev–Trinajstić information content (AvgIpc) is 2.63. The zero-order valence-corrected chi connectivity index (χ0v) is 8.81. The molecular weight excluding hydrogens is 217 g/mol. The first-order chi connectivity index (χ1) is 7.06. The van der Waals surface area contributed by atoms with Crippen LogP contribution < -0.4 is 0 Å². The number of hydrogen-bond donors (Lipinski definition) is 1. The molecule has 0 bridgehead atoms. The van der Waals surface area contributed by atoms with Gasteiger partial charge in [-0.2, -0.15) is 0 Å². The van der Waals surface area contributed by atoms with Crippen LogP contribution in [0, 0.1) is 0 Å². The van der Waals surface area contributed by atoms with E-state index in [1.807, 2.05) is 0 Å². The lowest BCUT2D eigenvalue weighted by Crippen LogP contribution is -2.15. The van der Waals surface area contributed by atoms with Crippen LogP contribution in [0.1, 0.15) is 12.5 Å². The number of para-hydroxylation sites is 1. The molecule has 2 aromatic rings. The van der Waals surface area contributed by atoms with Crippen molar-refractivity contribution in [2.45, 2.75) is 12.6 Å². The Bertz CT molecular complexity index is 518. The van der Waals surface area contributed by atoms with E-state index in [1.54, 1.807) is 18.2 Å². The van der Waals surface area contributed by atoms with Crippen molar-refractivity contribution in [1.82, 2.24) is 4.98 Å². The van der Waals surface area contributed by atoms with Gasteiger partial charge in [0.1, 0.15) is 0 Å². The van der Waals surface area contributed by atoms with Gasteiger partial charge in [-0.05, 0) is 13.0 Å². The van der Waals surface area contributed by atoms with Gasteiger partial charge in [-0.1, -0.05) is 23.7 Å². The lowest BCUT2D eigenvalue weighted by Gasteiger charge is -2.10. The van der Waals surface area contributed by atoms with Gasteiger partial charge in [-0.3, -0.25) is 4.79 Å². The summed E-state index contributed by atoms with van der Waals surface area (Å²) in [5, 5.41) is 1.15. The fourth-order valence-corrected chi connectivity index (χ4v) is 1.81. The molecule has 0 amide bonds. The third-order valence-electron chi connectivity index (χ3n) is 2.41. The minimum atomic E-state index is -1.98. The molecule has 0 aliphatic rings. The third-order valence-corrected chi connectivity index (χ3v) is 2.73. The van der Waals surface area contributed by atoms with Crippen LogP contribution in [-0.2, 0) is 10.5 Å². The second-order valence-electron chi connectivity index (χ2n) is 3.56. The highest BCUT2D eigenvalue weighted by Gasteiger charge is 2.28. The van der Waals surface area contributed by atoms with E-state index >= 15 is 0 Å². The summed E-state index contributed by atoms with van der Waals surface area (Å²) in [6.07, 6.45) is 1.77. The second-order valence-corrected chi connectivity index (χ2v) is 3.97. The van der Waals surface area contributed by atoms with Gasteiger partial charge in [-0.25, -0.2) is 4.39 Å². The first-order valence-corrected chi connectivity index (χ1v) is 4.85. The molecule has 0 radical (unpaired) electrons. The Kier molecular flexibility index (Phi) is 2.27. The maximum Gasteiger partial charge on any atom is 0.190 e. The minimum Gasteiger partial charge on any atom is -0.360 e. The summed E-state index contributed by atoms with van der Waals surface area (Å²) in [6, 6.07) is 5.16. The molecule has 1 atom stereocenters. The molecule has 1 aromatic heterocycles. The van der Waals surface area contributed by atoms with Crippen LogP contribution in [0.15, 0.2) is 24.4 Å². The Morgan fingerprint density at radius 2 is 2.27 bits per heavy atom. The molecule has 2 rings (SSSR count). The number of benzene rings is 1. The molecule has 0 aliphatic heterocycles. The molecule has 1 unspecified atom stereocenters. The highest BCUT2D eigenvalue weighted by molar-refractivity contribution is 6.35. The molecule has 1 N–H and O–H groups in total. The number of carbonyl (C=O) groups excluding carboxylic acids is 1. The summed E-state index contributed by atoms with van der Waals surface area (Å²) in [5.74, 6) is 0. The zero-order valence-electron chi connectivity index (χ0n) is 8.05. The Morgan fingerprint density at radius 3 is 2.93 bits per heavy atom. The smallest absolute Gasteiger partial charge is 0.190 e. The quantitative estimate of drug-likeness (QED) is 0.783. The largest absolute Gasteiger partial charge is 0.360 e. The number of carbonyl (C=O) groups is 1. The number of aromatic amines is 1. The summed E-state index contributed by atoms with van der Waals surface area (Å²) in [6.45, 7) is 1.23. The zero-order chi connectivity index (χ0) is 11.1. The van der Waals surface area contributed by atoms with Gasteiger partial charge in [-0.15, -0.1) is 0 Å². The number of H-pyrrole nitrogens is 1. The van der Waals surface area contributed by atoms with Gasteiger partial charge >= 0.3 is 0 Å². The van der Waals surface area contributed by atoms with Gasteiger partial charge in [0.25, 0.3) is 0 Å². The monoisotopic (exact) mass is 225 g/mol. The average molecular weight is 226 g/mol. The summed E-state index contributed by atoms with van der Waals surface area (Å²) in [5.41, 5.74) is -1.02. The van der Waals surface area contributed by atoms with E-state index in [0.717, 1.165) is 0 Å². The van der Waals surface area contributed by atoms with Crippen LogP contribution in [0.5, 0.6) is 0 Å². The van der Waals surface area contributed by atoms with Crippen molar-refractivity contribution in [2.75, 3.05) is 0 Å². The lowest BCUT2D eigenvalue weighted by molar-refractivity contribution is -0.117. The third kappa shape index (κ3) is 1.53. The first-order valence-electron chi connectivity index (χ1n) is 4.47. The molecule has 1 heterocycles. The molecule has 15 heavy (non-hydrogen) atoms. The van der Waals surface area contributed by atoms with E-state index in [2.05, 4.69) is 4.98 Å². The number of alkyl halides is 1. The van der Waals surface area contributed by atoms with Gasteiger partial charge in [0, 0.05) is 17.1 Å². The molecule has 1 aromatic carbocycles. The van der Waals surface area contributed by atoms with E-state index in [0.29, 0.717) is 21.5 Å². The van der Waals surface area contributed by atoms with E-state index in [9.17, 15) is 9.18 Å². The number of aldehydes is 1. The Hall–Kier alpha value is -1.35. The number of rotatable bonds is 2. The maximum atomic E-state index is 13.8. The maximum absolute atomic E-state index is 13.8. The standard InChI is InChI=1S/C11H9ClFNO/c1-11(13,6-15)8-5-14-10-7(8)3-2-4-9(10)12/h2-6,14H,1H3. The molecule has 0 aliphatic carbocycles. The highest BCUT2D eigenvalue weighted by Crippen LogP contribution is 2.32. The van der Waals surface area contributed by atoms with Crippen molar-refractivity contribution in [3.63, 3.8) is 0 Å². The van der Waals surface area contributed by atoms with Gasteiger partial charge in [0.2, 0.25) is 0 Å². The molecule has 78 valence electrons. The Labute approximate surface area is 91.0 Å². The van der Waals surface area contributed by atoms with Crippen molar-refractivity contribution in [3.05, 3.63) is 35.0 Å². The Morgan fingerprint density at radius 1 is 1.53 bits per heavy atom. The Balaban J connectivity index is 2.74. The van der Waals surface area contributed by atoms with E-state index in [4.69, 9.17) is 11.6 Å². The van der Waals surface area contributed by atoms with Crippen LogP contribution in [-0.4, -0.2) is 11.3 Å². The summed E-state index contributed by atoms with van der Waals surface area (Å²) in [7, 11) is 0. The van der Waals surface area contributed by atoms with Crippen LogP contribution in [0.3, 0.4) is 0 Å². The molecule has 0 saturated carbocycles. The summed E-state index contributed by atoms with van der Waals surface area (Å²) >= 11 is 5.92. The minimum absolute atomic E-state index is 0.288. The van der Waals surface area contributed by atoms with Crippen LogP contribution in [0.2, 0.25) is 5.02 Å². The van der Waals surface area contributed by atoms with Crippen molar-refractivity contribution in [3.8, 4) is 0 Å². The van der Waals surface area contributed by atoms with Crippen molar-refractivity contribution < 1.29 is 9.18 Å². The van der Waals surface area contributed by atoms with Crippen molar-refractivity contribution in [1.29, 1.82) is 0 Å². The lowest BCUT2D eigenvalue weighted by atomic mass is 9.99. The summed E-state index contributed by atoms with van der Waals surface area (Å²) < 4.78 is 13.8. The SMILES string of the molecule is CC(F)(C=O)c1c[nH]c2c(Cl)cccc12. The fourth-order valence-electron chi connectivity index (χ4n) is 1.59. The molecular formula is C11H9ClFNO. The fraction of sp³-hybridized carbons (Fsp3) is 0.182. The van der Waals surface area contributed by atoms with Gasteiger partial charge < -0.3 is 4.98 Å². The van der Waals surface area contributed by atoms with E-state index in [-0.39, 0.29) is 6.29 Å². The molecule has 2 nitrogen and oxygen atoms in total. The number of halogens is 2. The van der Waals surface area contributed by atoms with Crippen LogP contribution >= 0.6 is 11.6 Å². The first kappa shape index (κ1) is 10.2. The number of aromatic nitrogens is 1. The predicted octanol–water partition coefficient (Wildman–Crippen LogP) is 3.20. The second kappa shape index (κ2) is 3.35. The molecule has 0 saturated heterocycles. The summed E-state index contributed by atoms with van der Waals surface area (Å²) in [4.78, 5) is 13.5. The van der Waals surface area contributed by atoms with Gasteiger partial charge in [0.15, 0.2) is 12.0 Å². The molecule has 4 heteroatoms. The van der Waals surface area contributed by atoms with Gasteiger partial charge in [0.05, 0.1) is 10.5 Å². The molecule has 0 fully saturated rings. The predicted molar refractivity (Wildman–Crippen MR) is 57.8 cm³/mol. The normalized spacial score (nSPS) is 15.1. The number of fused-ring (bicyclic) bond motifs is 1. The van der Waals surface area contributed by atoms with Crippen molar-refractivity contribution in [2.24, 2.45) is 0 Å². The topological polar surface area (TPSA) is 32.9 Å². The van der Waals surface area contributed by atoms with Crippen molar-refractivity contribution >= 4 is 28.8 Å². The number of nitrogens with one attached hydrogen (secondary N) is 1. The number of hydrogen-bond acceptors (Lipinski definition) is 1. The van der Waals surface area contributed by atoms with E-state index in [1.165, 1.54) is 13.1 Å². The van der Waals surface area contributed by atoms with Crippen LogP contribution in [0.4, 0.5) is 4.39 Å². The highest BCUT2D eigenvalue weighted by atomic mass is 35.5.